The number of hydrogen-bond acceptors (Lipinski definition) is 5. The van der Waals surface area contributed by atoms with Crippen molar-refractivity contribution in [2.24, 2.45) is 0 Å². The summed E-state index contributed by atoms with van der Waals surface area (Å²) in [5.74, 6) is 0.681. The minimum atomic E-state index is -1.01. The van der Waals surface area contributed by atoms with E-state index in [1.54, 1.807) is 52.1 Å². The first-order valence-corrected chi connectivity index (χ1v) is 20.6. The second kappa shape index (κ2) is 15.5. The monoisotopic (exact) mass is 1050 g/mol. The lowest BCUT2D eigenvalue weighted by molar-refractivity contribution is -0.124. The van der Waals surface area contributed by atoms with E-state index in [1.807, 2.05) is 66.9 Å². The zero-order valence-electron chi connectivity index (χ0n) is 28.7. The van der Waals surface area contributed by atoms with Crippen LogP contribution in [0.3, 0.4) is 0 Å². The summed E-state index contributed by atoms with van der Waals surface area (Å²) in [6.45, 7) is 3.76. The summed E-state index contributed by atoms with van der Waals surface area (Å²) >= 11 is 33.7. The van der Waals surface area contributed by atoms with Gasteiger partial charge in [0, 0.05) is 41.9 Å². The Morgan fingerprint density at radius 1 is 0.655 bits per heavy atom. The van der Waals surface area contributed by atoms with Gasteiger partial charge in [0.2, 0.25) is 11.9 Å². The molecule has 6 aromatic rings. The SMILES string of the molecule is C[C@@]1(Cc2ccc(Br)cc2)C(=O)N(c2cc(Cl)cc(Cl)c2)c2ncc(C#N)n21.C[C@@]1(Cc2ccc(Br)cc2)C(=O)N(c2cc(Cl)cc(Cl)c2)c2ncc(I)n21. The Bertz CT molecular complexity index is 2500. The van der Waals surface area contributed by atoms with Crippen molar-refractivity contribution < 1.29 is 9.59 Å². The average Bonchev–Trinajstić information content (AvgIpc) is 3.83. The van der Waals surface area contributed by atoms with Gasteiger partial charge in [-0.15, -0.1) is 0 Å². The Kier molecular flexibility index (Phi) is 11.2. The molecule has 0 spiro atoms. The average molecular weight is 1050 g/mol. The van der Waals surface area contributed by atoms with Crippen molar-refractivity contribution in [3.63, 3.8) is 0 Å². The van der Waals surface area contributed by atoms with Gasteiger partial charge in [0.15, 0.2) is 0 Å². The minimum Gasteiger partial charge on any atom is -0.289 e. The van der Waals surface area contributed by atoms with Crippen LogP contribution in [0.15, 0.2) is 106 Å². The van der Waals surface area contributed by atoms with Gasteiger partial charge in [0.05, 0.1) is 23.8 Å². The number of amides is 2. The molecule has 9 nitrogen and oxygen atoms in total. The van der Waals surface area contributed by atoms with Crippen molar-refractivity contribution in [1.82, 2.24) is 19.1 Å². The lowest BCUT2D eigenvalue weighted by atomic mass is 9.91. The summed E-state index contributed by atoms with van der Waals surface area (Å²) in [5, 5.41) is 11.3. The number of imidazole rings is 2. The van der Waals surface area contributed by atoms with Gasteiger partial charge in [-0.25, -0.2) is 19.8 Å². The van der Waals surface area contributed by atoms with Gasteiger partial charge in [-0.3, -0.25) is 18.7 Å². The van der Waals surface area contributed by atoms with Crippen LogP contribution in [0.1, 0.15) is 30.7 Å². The largest absolute Gasteiger partial charge is 0.289 e. The van der Waals surface area contributed by atoms with Crippen LogP contribution in [0, 0.1) is 15.0 Å². The molecular formula is C39H26Br2Cl4IN7O2. The highest BCUT2D eigenvalue weighted by atomic mass is 127. The number of nitrogens with zero attached hydrogens (tertiary/aromatic N) is 7. The maximum atomic E-state index is 13.6. The molecule has 0 N–H and O–H groups in total. The van der Waals surface area contributed by atoms with Gasteiger partial charge in [0.25, 0.3) is 11.8 Å². The molecule has 278 valence electrons. The van der Waals surface area contributed by atoms with Crippen LogP contribution >= 0.6 is 101 Å². The van der Waals surface area contributed by atoms with Crippen molar-refractivity contribution in [2.75, 3.05) is 9.80 Å². The Labute approximate surface area is 367 Å². The van der Waals surface area contributed by atoms with Gasteiger partial charge < -0.3 is 0 Å². The molecule has 0 aliphatic carbocycles. The van der Waals surface area contributed by atoms with Crippen LogP contribution in [-0.2, 0) is 33.5 Å². The fourth-order valence-corrected chi connectivity index (χ4v) is 9.41. The van der Waals surface area contributed by atoms with Crippen LogP contribution < -0.4 is 9.80 Å². The smallest absolute Gasteiger partial charge is 0.260 e. The summed E-state index contributed by atoms with van der Waals surface area (Å²) in [6.07, 6.45) is 4.19. The van der Waals surface area contributed by atoms with Gasteiger partial charge in [0.1, 0.15) is 26.5 Å². The van der Waals surface area contributed by atoms with Crippen molar-refractivity contribution >= 4 is 136 Å². The molecule has 0 saturated carbocycles. The van der Waals surface area contributed by atoms with Crippen LogP contribution in [0.4, 0.5) is 23.3 Å². The lowest BCUT2D eigenvalue weighted by Gasteiger charge is -2.26. The molecular weight excluding hydrogens is 1030 g/mol. The van der Waals surface area contributed by atoms with Crippen molar-refractivity contribution in [3.8, 4) is 6.07 Å². The van der Waals surface area contributed by atoms with Gasteiger partial charge in [-0.05, 0) is 108 Å². The highest BCUT2D eigenvalue weighted by Crippen LogP contribution is 2.45. The number of carbonyl (C=O) groups excluding carboxylic acids is 2. The van der Waals surface area contributed by atoms with Crippen LogP contribution in [0.2, 0.25) is 20.1 Å². The number of nitriles is 1. The van der Waals surface area contributed by atoms with E-state index in [9.17, 15) is 14.9 Å². The third-order valence-corrected chi connectivity index (χ3v) is 12.1. The molecule has 0 radical (unpaired) electrons. The number of hydrogen-bond donors (Lipinski definition) is 0. The van der Waals surface area contributed by atoms with E-state index in [0.717, 1.165) is 23.8 Å². The van der Waals surface area contributed by atoms with E-state index in [4.69, 9.17) is 46.4 Å². The van der Waals surface area contributed by atoms with Crippen LogP contribution in [-0.4, -0.2) is 30.9 Å². The van der Waals surface area contributed by atoms with Gasteiger partial charge >= 0.3 is 0 Å². The fourth-order valence-electron chi connectivity index (χ4n) is 6.97. The second-order valence-corrected chi connectivity index (χ2v) is 18.0. The minimum absolute atomic E-state index is 0.0650. The molecule has 55 heavy (non-hydrogen) atoms. The Balaban J connectivity index is 0.000000169. The molecule has 2 aromatic heterocycles. The Morgan fingerprint density at radius 2 is 1.04 bits per heavy atom. The Hall–Kier alpha value is -3.42. The second-order valence-electron chi connectivity index (χ2n) is 13.3. The van der Waals surface area contributed by atoms with E-state index >= 15 is 0 Å². The molecule has 4 heterocycles. The molecule has 0 bridgehead atoms. The molecule has 2 aliphatic heterocycles. The van der Waals surface area contributed by atoms with E-state index in [-0.39, 0.29) is 11.8 Å². The van der Waals surface area contributed by atoms with E-state index in [2.05, 4.69) is 70.5 Å². The predicted molar refractivity (Wildman–Crippen MR) is 232 cm³/mol. The third kappa shape index (κ3) is 7.45. The first kappa shape index (κ1) is 39.8. The number of halogens is 7. The molecule has 0 saturated heterocycles. The maximum absolute atomic E-state index is 13.6. The molecule has 2 amide bonds. The number of rotatable bonds is 6. The highest BCUT2D eigenvalue weighted by Gasteiger charge is 2.51. The first-order valence-electron chi connectivity index (χ1n) is 16.5. The number of anilines is 4. The first-order chi connectivity index (χ1) is 26.1. The zero-order chi connectivity index (χ0) is 39.4. The standard InChI is InChI=1S/C20H13BrCl2N4O.C19H13BrCl2IN3O/c1-20(9-12-2-4-13(21)5-3-12)18(28)26(16-7-14(22)6-15(23)8-16)19-25-11-17(10-24)27(19)20;1-19(9-11-2-4-12(20)5-3-11)17(27)25(18-24-10-16(23)26(18)19)15-7-13(21)6-14(22)8-15/h2-8,11H,9H2,1H3;2-8,10H,9H2,1H3/t20-;19-/m11/s1. The summed E-state index contributed by atoms with van der Waals surface area (Å²) in [5.41, 5.74) is 1.66. The molecule has 4 aromatic carbocycles. The number of aromatic nitrogens is 4. The fraction of sp³-hybridized carbons (Fsp3) is 0.154. The lowest BCUT2D eigenvalue weighted by Crippen LogP contribution is -2.41. The van der Waals surface area contributed by atoms with E-state index in [0.29, 0.717) is 61.9 Å². The molecule has 8 rings (SSSR count). The summed E-state index contributed by atoms with van der Waals surface area (Å²) in [6, 6.07) is 27.9. The quantitative estimate of drug-likeness (QED) is 0.155. The molecule has 16 heteroatoms. The summed E-state index contributed by atoms with van der Waals surface area (Å²) in [7, 11) is 0. The Morgan fingerprint density at radius 3 is 1.45 bits per heavy atom. The number of carbonyl (C=O) groups is 2. The number of fused-ring (bicyclic) bond motifs is 2. The third-order valence-electron chi connectivity index (χ3n) is 9.41. The number of benzene rings is 4. The molecule has 0 fully saturated rings. The van der Waals surface area contributed by atoms with Gasteiger partial charge in [-0.1, -0.05) is 103 Å². The maximum Gasteiger partial charge on any atom is 0.260 e. The van der Waals surface area contributed by atoms with Gasteiger partial charge in [-0.2, -0.15) is 5.26 Å². The normalized spacial score (nSPS) is 18.5. The van der Waals surface area contributed by atoms with Crippen molar-refractivity contribution in [2.45, 2.75) is 37.8 Å². The predicted octanol–water partition coefficient (Wildman–Crippen LogP) is 11.7. The molecule has 0 unspecified atom stereocenters. The topological polar surface area (TPSA) is 100 Å². The van der Waals surface area contributed by atoms with Crippen molar-refractivity contribution in [1.29, 1.82) is 5.26 Å². The highest BCUT2D eigenvalue weighted by molar-refractivity contribution is 14.1. The zero-order valence-corrected chi connectivity index (χ0v) is 37.1. The molecule has 2 atom stereocenters. The molecule has 2 aliphatic rings. The van der Waals surface area contributed by atoms with E-state index in [1.165, 1.54) is 11.1 Å². The summed E-state index contributed by atoms with van der Waals surface area (Å²) in [4.78, 5) is 39.0. The van der Waals surface area contributed by atoms with Crippen molar-refractivity contribution in [3.05, 3.63) is 147 Å². The summed E-state index contributed by atoms with van der Waals surface area (Å²) < 4.78 is 6.52. The van der Waals surface area contributed by atoms with Crippen LogP contribution in [0.25, 0.3) is 0 Å². The van der Waals surface area contributed by atoms with Crippen LogP contribution in [0.5, 0.6) is 0 Å². The van der Waals surface area contributed by atoms with E-state index < -0.39 is 11.1 Å².